The van der Waals surface area contributed by atoms with Crippen LogP contribution in [-0.2, 0) is 6.54 Å². The molecule has 1 amide bonds. The average molecular weight is 390 g/mol. The number of hydrogen-bond donors (Lipinski definition) is 2. The van der Waals surface area contributed by atoms with Crippen molar-refractivity contribution >= 4 is 40.6 Å². The minimum atomic E-state index is -0.334. The first-order chi connectivity index (χ1) is 12.5. The molecule has 132 valence electrons. The van der Waals surface area contributed by atoms with Crippen molar-refractivity contribution < 1.29 is 9.18 Å². The van der Waals surface area contributed by atoms with Gasteiger partial charge in [0.1, 0.15) is 11.6 Å². The molecule has 0 saturated carbocycles. The van der Waals surface area contributed by atoms with Crippen LogP contribution in [0.1, 0.15) is 15.9 Å². The van der Waals surface area contributed by atoms with Crippen molar-refractivity contribution in [2.45, 2.75) is 6.54 Å². The predicted octanol–water partition coefficient (Wildman–Crippen LogP) is 5.39. The van der Waals surface area contributed by atoms with E-state index in [2.05, 4.69) is 15.6 Å². The molecule has 0 radical (unpaired) electrons. The number of hydrogen-bond acceptors (Lipinski definition) is 3. The molecule has 0 aliphatic rings. The van der Waals surface area contributed by atoms with Crippen molar-refractivity contribution in [2.24, 2.45) is 0 Å². The fraction of sp³-hybridized carbons (Fsp3) is 0.0526. The maximum Gasteiger partial charge on any atom is 0.255 e. The molecule has 4 nitrogen and oxygen atoms in total. The molecule has 3 rings (SSSR count). The molecule has 3 aromatic rings. The molecule has 0 atom stereocenters. The summed E-state index contributed by atoms with van der Waals surface area (Å²) in [6, 6.07) is 14.4. The summed E-state index contributed by atoms with van der Waals surface area (Å²) in [4.78, 5) is 16.6. The van der Waals surface area contributed by atoms with Crippen LogP contribution in [0.5, 0.6) is 0 Å². The van der Waals surface area contributed by atoms with Crippen LogP contribution < -0.4 is 10.6 Å². The largest absolute Gasteiger partial charge is 0.366 e. The molecule has 26 heavy (non-hydrogen) atoms. The highest BCUT2D eigenvalue weighted by atomic mass is 35.5. The van der Waals surface area contributed by atoms with Gasteiger partial charge in [-0.15, -0.1) is 0 Å². The quantitative estimate of drug-likeness (QED) is 0.614. The van der Waals surface area contributed by atoms with Gasteiger partial charge < -0.3 is 10.6 Å². The van der Waals surface area contributed by atoms with E-state index < -0.39 is 0 Å². The van der Waals surface area contributed by atoms with Crippen molar-refractivity contribution in [3.05, 3.63) is 87.8 Å². The summed E-state index contributed by atoms with van der Waals surface area (Å²) >= 11 is 11.9. The fourth-order valence-corrected chi connectivity index (χ4v) is 2.85. The number of carbonyl (C=O) groups is 1. The minimum Gasteiger partial charge on any atom is -0.366 e. The molecule has 2 aromatic carbocycles. The molecular formula is C19H14Cl2FN3O. The van der Waals surface area contributed by atoms with Gasteiger partial charge in [-0.2, -0.15) is 0 Å². The molecule has 0 aliphatic carbocycles. The number of aromatic nitrogens is 1. The van der Waals surface area contributed by atoms with Gasteiger partial charge in [0.25, 0.3) is 5.91 Å². The highest BCUT2D eigenvalue weighted by Crippen LogP contribution is 2.23. The smallest absolute Gasteiger partial charge is 0.255 e. The Hall–Kier alpha value is -2.63. The van der Waals surface area contributed by atoms with Gasteiger partial charge in [-0.3, -0.25) is 4.79 Å². The third kappa shape index (κ3) is 4.71. The van der Waals surface area contributed by atoms with Crippen molar-refractivity contribution in [1.82, 2.24) is 4.98 Å². The van der Waals surface area contributed by atoms with Crippen LogP contribution >= 0.6 is 23.2 Å². The maximum absolute atomic E-state index is 13.7. The zero-order valence-corrected chi connectivity index (χ0v) is 15.0. The van der Waals surface area contributed by atoms with Crippen LogP contribution in [0.25, 0.3) is 0 Å². The second kappa shape index (κ2) is 8.17. The van der Waals surface area contributed by atoms with Gasteiger partial charge in [0, 0.05) is 39.6 Å². The highest BCUT2D eigenvalue weighted by Gasteiger charge is 2.09. The first-order valence-electron chi connectivity index (χ1n) is 7.72. The Bertz CT molecular complexity index is 929. The first-order valence-corrected chi connectivity index (χ1v) is 8.47. The van der Waals surface area contributed by atoms with Crippen LogP contribution in [0, 0.1) is 5.82 Å². The van der Waals surface area contributed by atoms with E-state index >= 15 is 0 Å². The molecule has 7 heteroatoms. The van der Waals surface area contributed by atoms with Gasteiger partial charge in [-0.05, 0) is 36.4 Å². The monoisotopic (exact) mass is 389 g/mol. The standard InChI is InChI=1S/C19H14Cl2FN3O/c20-14-8-15(21)10-16(9-14)25-19(26)12-5-6-23-18(7-12)24-11-13-3-1-2-4-17(13)22/h1-10H,11H2,(H,23,24)(H,25,26). The SMILES string of the molecule is O=C(Nc1cc(Cl)cc(Cl)c1)c1ccnc(NCc2ccccc2F)c1. The lowest BCUT2D eigenvalue weighted by molar-refractivity contribution is 0.102. The molecule has 0 fully saturated rings. The summed E-state index contributed by atoms with van der Waals surface area (Å²) in [5.74, 6) is -0.170. The van der Waals surface area contributed by atoms with Crippen molar-refractivity contribution in [1.29, 1.82) is 0 Å². The molecular weight excluding hydrogens is 376 g/mol. The lowest BCUT2D eigenvalue weighted by Gasteiger charge is -2.09. The Labute approximate surface area is 160 Å². The van der Waals surface area contributed by atoms with Crippen molar-refractivity contribution in [2.75, 3.05) is 10.6 Å². The summed E-state index contributed by atoms with van der Waals surface area (Å²) in [5.41, 5.74) is 1.40. The molecule has 0 saturated heterocycles. The van der Waals surface area contributed by atoms with Gasteiger partial charge in [0.05, 0.1) is 0 Å². The molecule has 1 heterocycles. The van der Waals surface area contributed by atoms with Gasteiger partial charge in [0.2, 0.25) is 0 Å². The summed E-state index contributed by atoms with van der Waals surface area (Å²) in [7, 11) is 0. The van der Waals surface area contributed by atoms with Crippen LogP contribution in [0.3, 0.4) is 0 Å². The zero-order valence-electron chi connectivity index (χ0n) is 13.5. The maximum atomic E-state index is 13.7. The molecule has 0 spiro atoms. The van der Waals surface area contributed by atoms with Crippen molar-refractivity contribution in [3.8, 4) is 0 Å². The Morgan fingerprint density at radius 3 is 2.50 bits per heavy atom. The number of pyridine rings is 1. The second-order valence-electron chi connectivity index (χ2n) is 5.49. The van der Waals surface area contributed by atoms with Crippen LogP contribution in [0.15, 0.2) is 60.8 Å². The van der Waals surface area contributed by atoms with E-state index in [1.165, 1.54) is 12.3 Å². The number of carbonyl (C=O) groups excluding carboxylic acids is 1. The summed E-state index contributed by atoms with van der Waals surface area (Å²) in [5, 5.41) is 6.58. The third-order valence-corrected chi connectivity index (χ3v) is 4.00. The number of nitrogens with zero attached hydrogens (tertiary/aromatic N) is 1. The number of rotatable bonds is 5. The van der Waals surface area contributed by atoms with Crippen molar-refractivity contribution in [3.63, 3.8) is 0 Å². The van der Waals surface area contributed by atoms with Gasteiger partial charge in [-0.1, -0.05) is 41.4 Å². The minimum absolute atomic E-state index is 0.259. The molecule has 0 unspecified atom stereocenters. The van der Waals surface area contributed by atoms with E-state index in [0.29, 0.717) is 32.7 Å². The van der Waals surface area contributed by atoms with Gasteiger partial charge in [0.15, 0.2) is 0 Å². The number of halogens is 3. The number of nitrogens with one attached hydrogen (secondary N) is 2. The second-order valence-corrected chi connectivity index (χ2v) is 6.36. The van der Waals surface area contributed by atoms with Crippen LogP contribution in [-0.4, -0.2) is 10.9 Å². The van der Waals surface area contributed by atoms with E-state index in [1.54, 1.807) is 48.5 Å². The Morgan fingerprint density at radius 2 is 1.77 bits per heavy atom. The average Bonchev–Trinajstić information content (AvgIpc) is 2.60. The van der Waals surface area contributed by atoms with Crippen LogP contribution in [0.2, 0.25) is 10.0 Å². The molecule has 0 bridgehead atoms. The summed E-state index contributed by atoms with van der Waals surface area (Å²) in [6.07, 6.45) is 1.50. The molecule has 0 aliphatic heterocycles. The normalized spacial score (nSPS) is 10.4. The lowest BCUT2D eigenvalue weighted by Crippen LogP contribution is -2.13. The third-order valence-electron chi connectivity index (χ3n) is 3.56. The zero-order chi connectivity index (χ0) is 18.5. The highest BCUT2D eigenvalue weighted by molar-refractivity contribution is 6.35. The summed E-state index contributed by atoms with van der Waals surface area (Å²) < 4.78 is 13.7. The van der Waals surface area contributed by atoms with E-state index in [0.717, 1.165) is 0 Å². The first kappa shape index (κ1) is 18.2. The predicted molar refractivity (Wildman–Crippen MR) is 102 cm³/mol. The topological polar surface area (TPSA) is 54.0 Å². The lowest BCUT2D eigenvalue weighted by atomic mass is 10.2. The number of amides is 1. The Kier molecular flexibility index (Phi) is 5.71. The number of benzene rings is 2. The van der Waals surface area contributed by atoms with Gasteiger partial charge in [-0.25, -0.2) is 9.37 Å². The van der Waals surface area contributed by atoms with E-state index in [1.807, 2.05) is 0 Å². The van der Waals surface area contributed by atoms with E-state index in [9.17, 15) is 9.18 Å². The fourth-order valence-electron chi connectivity index (χ4n) is 2.33. The summed E-state index contributed by atoms with van der Waals surface area (Å²) in [6.45, 7) is 0.259. The van der Waals surface area contributed by atoms with E-state index in [-0.39, 0.29) is 18.3 Å². The Balaban J connectivity index is 1.70. The van der Waals surface area contributed by atoms with Crippen LogP contribution in [0.4, 0.5) is 15.9 Å². The molecule has 1 aromatic heterocycles. The Morgan fingerprint density at radius 1 is 1.04 bits per heavy atom. The van der Waals surface area contributed by atoms with Gasteiger partial charge >= 0.3 is 0 Å². The number of anilines is 2. The van der Waals surface area contributed by atoms with E-state index in [4.69, 9.17) is 23.2 Å². The molecule has 2 N–H and O–H groups in total.